The Hall–Kier alpha value is -0.770. The van der Waals surface area contributed by atoms with Gasteiger partial charge in [-0.05, 0) is 12.1 Å². The van der Waals surface area contributed by atoms with Gasteiger partial charge >= 0.3 is 0 Å². The summed E-state index contributed by atoms with van der Waals surface area (Å²) in [6.07, 6.45) is 0. The first-order chi connectivity index (χ1) is 5.43. The highest BCUT2D eigenvalue weighted by Gasteiger charge is 1.88. The summed E-state index contributed by atoms with van der Waals surface area (Å²) in [4.78, 5) is 0. The summed E-state index contributed by atoms with van der Waals surface area (Å²) < 4.78 is 5.22. The van der Waals surface area contributed by atoms with Gasteiger partial charge in [0.25, 0.3) is 0 Å². The Morgan fingerprint density at radius 2 is 1.92 bits per heavy atom. The molecule has 0 saturated heterocycles. The fourth-order valence-electron chi connectivity index (χ4n) is 0.731. The fraction of sp³-hybridized carbons (Fsp3) is 0.250. The third-order valence-electron chi connectivity index (χ3n) is 1.23. The van der Waals surface area contributed by atoms with Gasteiger partial charge in [0.15, 0.2) is 0 Å². The zero-order valence-electron chi connectivity index (χ0n) is 6.56. The van der Waals surface area contributed by atoms with Crippen LogP contribution in [0, 0.1) is 0 Å². The lowest BCUT2D eigenvalue weighted by molar-refractivity contribution is 0.145. The van der Waals surface area contributed by atoms with E-state index >= 15 is 0 Å². The summed E-state index contributed by atoms with van der Waals surface area (Å²) in [6.45, 7) is 0.912. The average molecular weight is 190 g/mol. The molecule has 4 heteroatoms. The molecule has 0 fully saturated rings. The second-order valence-corrected chi connectivity index (χ2v) is 2.07. The Bertz CT molecular complexity index is 194. The van der Waals surface area contributed by atoms with Crippen molar-refractivity contribution in [3.63, 3.8) is 0 Å². The van der Waals surface area contributed by atoms with Crippen LogP contribution < -0.4 is 10.2 Å². The zero-order valence-corrected chi connectivity index (χ0v) is 7.38. The maximum atomic E-state index is 8.21. The SMILES string of the molecule is Cl.ONCCOc1ccccc1. The van der Waals surface area contributed by atoms with E-state index in [1.807, 2.05) is 35.8 Å². The van der Waals surface area contributed by atoms with E-state index in [9.17, 15) is 0 Å². The van der Waals surface area contributed by atoms with Gasteiger partial charge in [-0.25, -0.2) is 5.48 Å². The predicted octanol–water partition coefficient (Wildman–Crippen LogP) is 1.47. The van der Waals surface area contributed by atoms with Gasteiger partial charge in [-0.1, -0.05) is 18.2 Å². The molecule has 0 heterocycles. The van der Waals surface area contributed by atoms with E-state index in [-0.39, 0.29) is 12.4 Å². The van der Waals surface area contributed by atoms with Crippen LogP contribution in [0.1, 0.15) is 0 Å². The summed E-state index contributed by atoms with van der Waals surface area (Å²) >= 11 is 0. The van der Waals surface area contributed by atoms with Crippen LogP contribution in [-0.4, -0.2) is 18.4 Å². The number of hydrogen-bond acceptors (Lipinski definition) is 3. The Kier molecular flexibility index (Phi) is 6.47. The molecule has 1 aromatic carbocycles. The first-order valence-corrected chi connectivity index (χ1v) is 3.48. The van der Waals surface area contributed by atoms with Crippen LogP contribution in [0.2, 0.25) is 0 Å². The maximum absolute atomic E-state index is 8.21. The summed E-state index contributed by atoms with van der Waals surface area (Å²) in [5, 5.41) is 8.21. The zero-order chi connectivity index (χ0) is 7.94. The van der Waals surface area contributed by atoms with Gasteiger partial charge in [0.2, 0.25) is 0 Å². The molecule has 12 heavy (non-hydrogen) atoms. The molecule has 2 N–H and O–H groups in total. The first-order valence-electron chi connectivity index (χ1n) is 3.48. The van der Waals surface area contributed by atoms with E-state index in [1.54, 1.807) is 0 Å². The monoisotopic (exact) mass is 189 g/mol. The van der Waals surface area contributed by atoms with Crippen molar-refractivity contribution in [2.75, 3.05) is 13.2 Å². The van der Waals surface area contributed by atoms with Crippen LogP contribution >= 0.6 is 12.4 Å². The molecule has 0 spiro atoms. The van der Waals surface area contributed by atoms with E-state index in [1.165, 1.54) is 0 Å². The Labute approximate surface area is 77.7 Å². The van der Waals surface area contributed by atoms with Crippen molar-refractivity contribution < 1.29 is 9.94 Å². The number of nitrogens with one attached hydrogen (secondary N) is 1. The second-order valence-electron chi connectivity index (χ2n) is 2.07. The number of para-hydroxylation sites is 1. The molecule has 0 unspecified atom stereocenters. The lowest BCUT2D eigenvalue weighted by Gasteiger charge is -2.03. The molecule has 3 nitrogen and oxygen atoms in total. The largest absolute Gasteiger partial charge is 0.492 e. The van der Waals surface area contributed by atoms with Crippen LogP contribution in [0.15, 0.2) is 30.3 Å². The lowest BCUT2D eigenvalue weighted by Crippen LogP contribution is -2.16. The Balaban J connectivity index is 0.00000121. The number of benzene rings is 1. The maximum Gasteiger partial charge on any atom is 0.119 e. The molecule has 0 atom stereocenters. The molecule has 0 bridgehead atoms. The van der Waals surface area contributed by atoms with Gasteiger partial charge in [0, 0.05) is 0 Å². The lowest BCUT2D eigenvalue weighted by atomic mass is 10.3. The van der Waals surface area contributed by atoms with Crippen molar-refractivity contribution in [3.05, 3.63) is 30.3 Å². The Morgan fingerprint density at radius 1 is 1.25 bits per heavy atom. The molecule has 0 aliphatic rings. The topological polar surface area (TPSA) is 41.5 Å². The summed E-state index contributed by atoms with van der Waals surface area (Å²) in [7, 11) is 0. The molecule has 68 valence electrons. The van der Waals surface area contributed by atoms with E-state index in [0.717, 1.165) is 5.75 Å². The van der Waals surface area contributed by atoms with Crippen molar-refractivity contribution in [1.82, 2.24) is 5.48 Å². The van der Waals surface area contributed by atoms with E-state index in [4.69, 9.17) is 9.94 Å². The normalized spacial score (nSPS) is 8.75. The quantitative estimate of drug-likeness (QED) is 0.557. The van der Waals surface area contributed by atoms with Gasteiger partial charge in [-0.3, -0.25) is 0 Å². The summed E-state index contributed by atoms with van der Waals surface area (Å²) in [6, 6.07) is 9.48. The minimum atomic E-state index is 0. The van der Waals surface area contributed by atoms with Gasteiger partial charge in [-0.2, -0.15) is 0 Å². The van der Waals surface area contributed by atoms with Crippen LogP contribution in [0.3, 0.4) is 0 Å². The highest BCUT2D eigenvalue weighted by atomic mass is 35.5. The highest BCUT2D eigenvalue weighted by Crippen LogP contribution is 2.06. The van der Waals surface area contributed by atoms with Crippen molar-refractivity contribution in [3.8, 4) is 5.75 Å². The average Bonchev–Trinajstić information content (AvgIpc) is 2.07. The molecule has 0 saturated carbocycles. The van der Waals surface area contributed by atoms with Gasteiger partial charge in [0.05, 0.1) is 6.54 Å². The van der Waals surface area contributed by atoms with Gasteiger partial charge in [0.1, 0.15) is 12.4 Å². The van der Waals surface area contributed by atoms with Crippen molar-refractivity contribution in [2.45, 2.75) is 0 Å². The smallest absolute Gasteiger partial charge is 0.119 e. The summed E-state index contributed by atoms with van der Waals surface area (Å²) in [5.41, 5.74) is 2.01. The van der Waals surface area contributed by atoms with Crippen LogP contribution in [0.25, 0.3) is 0 Å². The van der Waals surface area contributed by atoms with Crippen LogP contribution in [-0.2, 0) is 0 Å². The van der Waals surface area contributed by atoms with Crippen molar-refractivity contribution in [1.29, 1.82) is 0 Å². The third kappa shape index (κ3) is 4.18. The first kappa shape index (κ1) is 11.2. The molecule has 1 aromatic rings. The second kappa shape index (κ2) is 6.91. The number of hydrogen-bond donors (Lipinski definition) is 2. The summed E-state index contributed by atoms with van der Waals surface area (Å²) in [5.74, 6) is 0.822. The minimum Gasteiger partial charge on any atom is -0.492 e. The molecular weight excluding hydrogens is 178 g/mol. The number of halogens is 1. The molecule has 0 aromatic heterocycles. The predicted molar refractivity (Wildman–Crippen MR) is 49.0 cm³/mol. The number of hydroxylamine groups is 1. The number of rotatable bonds is 4. The van der Waals surface area contributed by atoms with Gasteiger partial charge in [-0.15, -0.1) is 12.4 Å². The van der Waals surface area contributed by atoms with Crippen molar-refractivity contribution >= 4 is 12.4 Å². The van der Waals surface area contributed by atoms with E-state index in [2.05, 4.69) is 0 Å². The molecule has 0 amide bonds. The fourth-order valence-corrected chi connectivity index (χ4v) is 0.731. The minimum absolute atomic E-state index is 0. The number of ether oxygens (including phenoxy) is 1. The van der Waals surface area contributed by atoms with Crippen LogP contribution in [0.5, 0.6) is 5.75 Å². The highest BCUT2D eigenvalue weighted by molar-refractivity contribution is 5.85. The molecule has 0 radical (unpaired) electrons. The Morgan fingerprint density at radius 3 is 2.50 bits per heavy atom. The van der Waals surface area contributed by atoms with Crippen molar-refractivity contribution in [2.24, 2.45) is 0 Å². The molecule has 0 aliphatic carbocycles. The van der Waals surface area contributed by atoms with E-state index in [0.29, 0.717) is 13.2 Å². The van der Waals surface area contributed by atoms with Gasteiger partial charge < -0.3 is 9.94 Å². The standard InChI is InChI=1S/C8H11NO2.ClH/c10-9-6-7-11-8-4-2-1-3-5-8;/h1-5,9-10H,6-7H2;1H. The van der Waals surface area contributed by atoms with E-state index < -0.39 is 0 Å². The van der Waals surface area contributed by atoms with Crippen LogP contribution in [0.4, 0.5) is 0 Å². The molecule has 1 rings (SSSR count). The third-order valence-corrected chi connectivity index (χ3v) is 1.23. The molecular formula is C8H12ClNO2. The molecule has 0 aliphatic heterocycles.